The summed E-state index contributed by atoms with van der Waals surface area (Å²) in [6.45, 7) is 0. The highest BCUT2D eigenvalue weighted by molar-refractivity contribution is 5.21. The second kappa shape index (κ2) is 1.91. The monoisotopic (exact) mass is 161 g/mol. The molecule has 0 heterocycles. The van der Waals surface area contributed by atoms with Gasteiger partial charge in [-0.05, 0) is 74.0 Å². The maximum Gasteiger partial charge on any atom is -0.0201 e. The summed E-state index contributed by atoms with van der Waals surface area (Å²) in [5, 5.41) is 0. The lowest BCUT2D eigenvalue weighted by Crippen LogP contribution is -2.27. The van der Waals surface area contributed by atoms with Gasteiger partial charge in [0.25, 0.3) is 0 Å². The average molecular weight is 161 g/mol. The molecule has 4 fully saturated rings. The zero-order valence-electron chi connectivity index (χ0n) is 7.63. The van der Waals surface area contributed by atoms with Gasteiger partial charge in [-0.25, -0.2) is 0 Å². The molecule has 65 valence electrons. The SMILES string of the molecule is C1CC2C[C]1C1C3CCC(C3)C21. The van der Waals surface area contributed by atoms with Crippen LogP contribution < -0.4 is 0 Å². The molecule has 0 aliphatic heterocycles. The van der Waals surface area contributed by atoms with E-state index in [0.29, 0.717) is 0 Å². The Bertz CT molecular complexity index is 176. The Morgan fingerprint density at radius 3 is 2.75 bits per heavy atom. The Morgan fingerprint density at radius 1 is 0.917 bits per heavy atom. The Kier molecular flexibility index (Phi) is 1.03. The van der Waals surface area contributed by atoms with E-state index in [1.807, 2.05) is 5.92 Å². The lowest BCUT2D eigenvalue weighted by atomic mass is 9.71. The van der Waals surface area contributed by atoms with Crippen molar-refractivity contribution >= 4 is 0 Å². The van der Waals surface area contributed by atoms with Crippen molar-refractivity contribution in [2.75, 3.05) is 0 Å². The molecule has 5 atom stereocenters. The molecule has 4 rings (SSSR count). The molecule has 0 N–H and O–H groups in total. The van der Waals surface area contributed by atoms with Crippen LogP contribution in [0.3, 0.4) is 0 Å². The minimum absolute atomic E-state index is 1.16. The summed E-state index contributed by atoms with van der Waals surface area (Å²) >= 11 is 0. The lowest BCUT2D eigenvalue weighted by molar-refractivity contribution is 0.187. The second-order valence-corrected chi connectivity index (χ2v) is 5.60. The van der Waals surface area contributed by atoms with E-state index in [4.69, 9.17) is 0 Å². The molecule has 0 nitrogen and oxygen atoms in total. The Balaban J connectivity index is 1.77. The predicted molar refractivity (Wildman–Crippen MR) is 48.4 cm³/mol. The van der Waals surface area contributed by atoms with Crippen molar-refractivity contribution < 1.29 is 0 Å². The zero-order valence-corrected chi connectivity index (χ0v) is 7.63. The van der Waals surface area contributed by atoms with Crippen molar-refractivity contribution in [3.8, 4) is 0 Å². The third kappa shape index (κ3) is 0.561. The molecule has 1 radical (unpaired) electrons. The largest absolute Gasteiger partial charge is 0.0499 e. The molecule has 4 bridgehead atoms. The van der Waals surface area contributed by atoms with Crippen molar-refractivity contribution in [2.45, 2.75) is 38.5 Å². The molecule has 0 heteroatoms. The van der Waals surface area contributed by atoms with Gasteiger partial charge in [-0.1, -0.05) is 0 Å². The maximum atomic E-state index is 2.01. The Morgan fingerprint density at radius 2 is 1.83 bits per heavy atom. The van der Waals surface area contributed by atoms with Gasteiger partial charge >= 0.3 is 0 Å². The Hall–Kier alpha value is 0. The van der Waals surface area contributed by atoms with Crippen molar-refractivity contribution in [1.82, 2.24) is 0 Å². The highest BCUT2D eigenvalue weighted by atomic mass is 14.6. The van der Waals surface area contributed by atoms with E-state index in [2.05, 4.69) is 0 Å². The molecule has 4 aliphatic rings. The molecule has 4 saturated carbocycles. The standard InChI is InChI=1S/C12H17/c1-2-8-5-7(1)11-9-3-4-10(6-9)12(8)11/h7-9,11-12H,1-6H2. The number of hydrogen-bond donors (Lipinski definition) is 0. The highest BCUT2D eigenvalue weighted by Crippen LogP contribution is 2.68. The van der Waals surface area contributed by atoms with E-state index >= 15 is 0 Å². The van der Waals surface area contributed by atoms with Crippen LogP contribution in [0.25, 0.3) is 0 Å². The summed E-state index contributed by atoms with van der Waals surface area (Å²) in [6, 6.07) is 0. The topological polar surface area (TPSA) is 0 Å². The summed E-state index contributed by atoms with van der Waals surface area (Å²) in [5.41, 5.74) is 0. The fourth-order valence-corrected chi connectivity index (χ4v) is 5.16. The molecule has 0 aromatic rings. The highest BCUT2D eigenvalue weighted by Gasteiger charge is 2.59. The summed E-state index contributed by atoms with van der Waals surface area (Å²) in [4.78, 5) is 0. The summed E-state index contributed by atoms with van der Waals surface area (Å²) in [6.07, 6.45) is 9.45. The molecule has 4 aliphatic carbocycles. The van der Waals surface area contributed by atoms with Crippen LogP contribution >= 0.6 is 0 Å². The van der Waals surface area contributed by atoms with Gasteiger partial charge in [-0.2, -0.15) is 0 Å². The van der Waals surface area contributed by atoms with Gasteiger partial charge in [0.1, 0.15) is 0 Å². The number of fused-ring (bicyclic) bond motifs is 9. The van der Waals surface area contributed by atoms with Crippen LogP contribution in [0.5, 0.6) is 0 Å². The van der Waals surface area contributed by atoms with E-state index in [1.165, 1.54) is 30.1 Å². The third-order valence-electron chi connectivity index (χ3n) is 5.36. The minimum Gasteiger partial charge on any atom is -0.0499 e. The van der Waals surface area contributed by atoms with Crippen molar-refractivity contribution in [3.05, 3.63) is 5.92 Å². The summed E-state index contributed by atoms with van der Waals surface area (Å²) in [5.74, 6) is 7.88. The molecule has 0 aromatic heterocycles. The third-order valence-corrected chi connectivity index (χ3v) is 5.36. The fourth-order valence-electron chi connectivity index (χ4n) is 5.16. The van der Waals surface area contributed by atoms with Crippen LogP contribution in [0.15, 0.2) is 0 Å². The lowest BCUT2D eigenvalue weighted by Gasteiger charge is -2.34. The molecule has 0 spiro atoms. The molecule has 0 saturated heterocycles. The number of rotatable bonds is 0. The summed E-state index contributed by atoms with van der Waals surface area (Å²) < 4.78 is 0. The first-order chi connectivity index (χ1) is 5.93. The van der Waals surface area contributed by atoms with Crippen molar-refractivity contribution in [2.24, 2.45) is 29.6 Å². The molecule has 5 unspecified atom stereocenters. The van der Waals surface area contributed by atoms with Gasteiger partial charge in [-0.3, -0.25) is 0 Å². The maximum absolute atomic E-state index is 2.01. The van der Waals surface area contributed by atoms with Gasteiger partial charge in [0, 0.05) is 0 Å². The van der Waals surface area contributed by atoms with E-state index < -0.39 is 0 Å². The molecular weight excluding hydrogens is 144 g/mol. The van der Waals surface area contributed by atoms with Gasteiger partial charge in [0.2, 0.25) is 0 Å². The first-order valence-electron chi connectivity index (χ1n) is 5.78. The fraction of sp³-hybridized carbons (Fsp3) is 0.917. The normalized spacial score (nSPS) is 61.5. The van der Waals surface area contributed by atoms with Crippen LogP contribution in [0.4, 0.5) is 0 Å². The molecule has 12 heavy (non-hydrogen) atoms. The van der Waals surface area contributed by atoms with E-state index in [1.54, 1.807) is 32.1 Å². The molecule has 0 amide bonds. The van der Waals surface area contributed by atoms with Crippen molar-refractivity contribution in [1.29, 1.82) is 0 Å². The first kappa shape index (κ1) is 6.45. The number of hydrogen-bond acceptors (Lipinski definition) is 0. The van der Waals surface area contributed by atoms with Crippen LogP contribution in [-0.4, -0.2) is 0 Å². The van der Waals surface area contributed by atoms with Crippen LogP contribution in [-0.2, 0) is 0 Å². The van der Waals surface area contributed by atoms with E-state index in [0.717, 1.165) is 5.92 Å². The quantitative estimate of drug-likeness (QED) is 0.479. The zero-order chi connectivity index (χ0) is 7.71. The van der Waals surface area contributed by atoms with Crippen LogP contribution in [0.1, 0.15) is 38.5 Å². The first-order valence-corrected chi connectivity index (χ1v) is 5.78. The van der Waals surface area contributed by atoms with Gasteiger partial charge in [0.05, 0.1) is 0 Å². The van der Waals surface area contributed by atoms with E-state index in [9.17, 15) is 0 Å². The van der Waals surface area contributed by atoms with Gasteiger partial charge in [0.15, 0.2) is 0 Å². The average Bonchev–Trinajstić information content (AvgIpc) is 2.83. The smallest absolute Gasteiger partial charge is 0.0201 e. The van der Waals surface area contributed by atoms with Crippen LogP contribution in [0, 0.1) is 35.5 Å². The van der Waals surface area contributed by atoms with Crippen molar-refractivity contribution in [3.63, 3.8) is 0 Å². The minimum atomic E-state index is 1.16. The second-order valence-electron chi connectivity index (χ2n) is 5.60. The van der Waals surface area contributed by atoms with Gasteiger partial charge < -0.3 is 0 Å². The van der Waals surface area contributed by atoms with Crippen LogP contribution in [0.2, 0.25) is 0 Å². The molecule has 0 aromatic carbocycles. The Labute approximate surface area is 74.7 Å². The van der Waals surface area contributed by atoms with E-state index in [-0.39, 0.29) is 0 Å². The predicted octanol–water partition coefficient (Wildman–Crippen LogP) is 3.04. The van der Waals surface area contributed by atoms with Gasteiger partial charge in [-0.15, -0.1) is 0 Å². The summed E-state index contributed by atoms with van der Waals surface area (Å²) in [7, 11) is 0. The molecular formula is C12H17.